The van der Waals surface area contributed by atoms with Gasteiger partial charge in [-0.15, -0.1) is 0 Å². The number of aliphatic hydroxyl groups is 1. The molecule has 0 aromatic carbocycles. The van der Waals surface area contributed by atoms with Crippen LogP contribution in [0.15, 0.2) is 0 Å². The van der Waals surface area contributed by atoms with Gasteiger partial charge in [0.2, 0.25) is 0 Å². The van der Waals surface area contributed by atoms with E-state index in [2.05, 4.69) is 0 Å². The Balaban J connectivity index is 0.000000212. The SMILES string of the molecule is CO[C@@H]1CCCC[C@@H]1O.CO[C@@H]1CCCC[C@@H]1ON1CCC[C@H]1C=O. The largest absolute Gasteiger partial charge is 0.390 e. The second-order valence-electron chi connectivity index (χ2n) is 7.31. The normalized spacial score (nSPS) is 36.5. The molecule has 2 saturated carbocycles. The molecule has 5 atom stereocenters. The van der Waals surface area contributed by atoms with E-state index in [1.54, 1.807) is 14.2 Å². The molecule has 3 rings (SSSR count). The Morgan fingerprint density at radius 2 is 1.44 bits per heavy atom. The van der Waals surface area contributed by atoms with Gasteiger partial charge in [0.05, 0.1) is 24.4 Å². The minimum absolute atomic E-state index is 0.0422. The van der Waals surface area contributed by atoms with Gasteiger partial charge in [0.1, 0.15) is 12.4 Å². The standard InChI is InChI=1S/C12H21NO3.C7H14O2/c1-15-11-6-2-3-7-12(11)16-13-8-4-5-10(13)9-14;1-9-7-5-3-2-4-6(7)8/h9-12H,2-8H2,1H3;6-8H,2-5H2,1H3/t10-,11+,12-;6-,7+/m00/s1. The molecule has 0 aromatic heterocycles. The molecular weight excluding hydrogens is 322 g/mol. The number of methoxy groups -OCH3 is 2. The predicted octanol–water partition coefficient (Wildman–Crippen LogP) is 2.48. The van der Waals surface area contributed by atoms with E-state index in [0.29, 0.717) is 0 Å². The van der Waals surface area contributed by atoms with Crippen LogP contribution in [0.2, 0.25) is 0 Å². The molecule has 0 bridgehead atoms. The fraction of sp³-hybridized carbons (Fsp3) is 0.947. The topological polar surface area (TPSA) is 68.2 Å². The summed E-state index contributed by atoms with van der Waals surface area (Å²) in [5, 5.41) is 11.1. The molecular formula is C19H35NO5. The Morgan fingerprint density at radius 1 is 0.840 bits per heavy atom. The van der Waals surface area contributed by atoms with Crippen LogP contribution in [0.3, 0.4) is 0 Å². The third-order valence-corrected chi connectivity index (χ3v) is 5.59. The smallest absolute Gasteiger partial charge is 0.139 e. The minimum Gasteiger partial charge on any atom is -0.390 e. The second-order valence-corrected chi connectivity index (χ2v) is 7.31. The zero-order chi connectivity index (χ0) is 18.1. The van der Waals surface area contributed by atoms with Crippen LogP contribution in [0.4, 0.5) is 0 Å². The highest BCUT2D eigenvalue weighted by atomic mass is 16.7. The lowest BCUT2D eigenvalue weighted by molar-refractivity contribution is -0.235. The van der Waals surface area contributed by atoms with E-state index in [1.165, 1.54) is 19.3 Å². The Kier molecular flexibility index (Phi) is 9.34. The number of ether oxygens (including phenoxy) is 2. The Labute approximate surface area is 151 Å². The first kappa shape index (κ1) is 20.8. The highest BCUT2D eigenvalue weighted by molar-refractivity contribution is 5.57. The predicted molar refractivity (Wildman–Crippen MR) is 95.2 cm³/mol. The minimum atomic E-state index is -0.205. The highest BCUT2D eigenvalue weighted by Crippen LogP contribution is 2.27. The number of aldehydes is 1. The van der Waals surface area contributed by atoms with Crippen LogP contribution in [0, 0.1) is 0 Å². The van der Waals surface area contributed by atoms with E-state index in [0.717, 1.165) is 57.8 Å². The van der Waals surface area contributed by atoms with Gasteiger partial charge >= 0.3 is 0 Å². The van der Waals surface area contributed by atoms with Gasteiger partial charge in [0.15, 0.2) is 0 Å². The summed E-state index contributed by atoms with van der Waals surface area (Å²) < 4.78 is 10.5. The van der Waals surface area contributed by atoms with Crippen LogP contribution in [0.1, 0.15) is 64.2 Å². The summed E-state index contributed by atoms with van der Waals surface area (Å²) in [4.78, 5) is 16.8. The second kappa shape index (κ2) is 11.2. The van der Waals surface area contributed by atoms with Crippen molar-refractivity contribution in [2.45, 2.75) is 94.7 Å². The van der Waals surface area contributed by atoms with E-state index in [-0.39, 0.29) is 30.5 Å². The first-order valence-corrected chi connectivity index (χ1v) is 9.82. The Bertz CT molecular complexity index is 381. The number of nitrogens with zero attached hydrogens (tertiary/aromatic N) is 1. The fourth-order valence-electron chi connectivity index (χ4n) is 4.01. The van der Waals surface area contributed by atoms with Crippen LogP contribution in [-0.2, 0) is 19.1 Å². The third kappa shape index (κ3) is 6.29. The van der Waals surface area contributed by atoms with E-state index in [9.17, 15) is 9.90 Å². The summed E-state index contributed by atoms with van der Waals surface area (Å²) in [5.41, 5.74) is 0. The molecule has 3 aliphatic rings. The third-order valence-electron chi connectivity index (χ3n) is 5.59. The molecule has 25 heavy (non-hydrogen) atoms. The molecule has 146 valence electrons. The first-order valence-electron chi connectivity index (χ1n) is 9.82. The van der Waals surface area contributed by atoms with Crippen molar-refractivity contribution < 1.29 is 24.2 Å². The van der Waals surface area contributed by atoms with E-state index in [1.807, 2.05) is 5.06 Å². The van der Waals surface area contributed by atoms with Crippen LogP contribution < -0.4 is 0 Å². The lowest BCUT2D eigenvalue weighted by atomic mass is 9.95. The summed E-state index contributed by atoms with van der Waals surface area (Å²) >= 11 is 0. The molecule has 6 heteroatoms. The van der Waals surface area contributed by atoms with Crippen molar-refractivity contribution in [2.75, 3.05) is 20.8 Å². The molecule has 0 unspecified atom stereocenters. The lowest BCUT2D eigenvalue weighted by Crippen LogP contribution is -2.42. The average Bonchev–Trinajstić information content (AvgIpc) is 3.10. The van der Waals surface area contributed by atoms with Crippen molar-refractivity contribution in [3.05, 3.63) is 0 Å². The van der Waals surface area contributed by atoms with Crippen molar-refractivity contribution in [3.8, 4) is 0 Å². The number of hydrogen-bond acceptors (Lipinski definition) is 6. The van der Waals surface area contributed by atoms with Crippen LogP contribution in [0.5, 0.6) is 0 Å². The van der Waals surface area contributed by atoms with Crippen molar-refractivity contribution in [1.82, 2.24) is 5.06 Å². The molecule has 6 nitrogen and oxygen atoms in total. The average molecular weight is 357 g/mol. The maximum absolute atomic E-state index is 10.9. The monoisotopic (exact) mass is 357 g/mol. The summed E-state index contributed by atoms with van der Waals surface area (Å²) in [6.45, 7) is 0.871. The Hall–Kier alpha value is -0.530. The molecule has 1 N–H and O–H groups in total. The molecule has 0 amide bonds. The van der Waals surface area contributed by atoms with Crippen LogP contribution >= 0.6 is 0 Å². The van der Waals surface area contributed by atoms with Crippen LogP contribution in [-0.4, -0.2) is 67.7 Å². The van der Waals surface area contributed by atoms with Gasteiger partial charge < -0.3 is 19.4 Å². The molecule has 0 radical (unpaired) electrons. The summed E-state index contributed by atoms with van der Waals surface area (Å²) in [7, 11) is 3.41. The number of rotatable bonds is 5. The molecule has 1 aliphatic heterocycles. The fourth-order valence-corrected chi connectivity index (χ4v) is 4.01. The van der Waals surface area contributed by atoms with Crippen molar-refractivity contribution in [2.24, 2.45) is 0 Å². The van der Waals surface area contributed by atoms with Gasteiger partial charge in [-0.1, -0.05) is 25.7 Å². The summed E-state index contributed by atoms with van der Waals surface area (Å²) in [6, 6.07) is -0.0422. The van der Waals surface area contributed by atoms with Crippen molar-refractivity contribution in [3.63, 3.8) is 0 Å². The lowest BCUT2D eigenvalue weighted by Gasteiger charge is -2.34. The first-order chi connectivity index (χ1) is 12.2. The summed E-state index contributed by atoms with van der Waals surface area (Å²) in [5.74, 6) is 0. The number of carbonyl (C=O) groups excluding carboxylic acids is 1. The van der Waals surface area contributed by atoms with E-state index in [4.69, 9.17) is 14.3 Å². The molecule has 1 heterocycles. The van der Waals surface area contributed by atoms with Gasteiger partial charge in [-0.25, -0.2) is 0 Å². The molecule has 2 aliphatic carbocycles. The zero-order valence-corrected chi connectivity index (χ0v) is 15.8. The van der Waals surface area contributed by atoms with E-state index >= 15 is 0 Å². The van der Waals surface area contributed by atoms with Gasteiger partial charge in [0, 0.05) is 20.8 Å². The van der Waals surface area contributed by atoms with E-state index < -0.39 is 0 Å². The summed E-state index contributed by atoms with van der Waals surface area (Å²) in [6.07, 6.45) is 12.0. The number of hydrogen-bond donors (Lipinski definition) is 1. The molecule has 3 fully saturated rings. The van der Waals surface area contributed by atoms with Crippen LogP contribution in [0.25, 0.3) is 0 Å². The quantitative estimate of drug-likeness (QED) is 0.763. The molecule has 0 spiro atoms. The molecule has 0 aromatic rings. The maximum Gasteiger partial charge on any atom is 0.139 e. The van der Waals surface area contributed by atoms with Crippen molar-refractivity contribution >= 4 is 6.29 Å². The Morgan fingerprint density at radius 3 is 2.00 bits per heavy atom. The maximum atomic E-state index is 10.9. The van der Waals surface area contributed by atoms with Gasteiger partial charge in [-0.05, 0) is 38.5 Å². The van der Waals surface area contributed by atoms with Gasteiger partial charge in [-0.2, -0.15) is 5.06 Å². The number of aliphatic hydroxyl groups excluding tert-OH is 1. The van der Waals surface area contributed by atoms with Crippen molar-refractivity contribution in [1.29, 1.82) is 0 Å². The van der Waals surface area contributed by atoms with Gasteiger partial charge in [0.25, 0.3) is 0 Å². The number of carbonyl (C=O) groups is 1. The zero-order valence-electron chi connectivity index (χ0n) is 15.8. The molecule has 1 saturated heterocycles. The number of hydroxylamine groups is 2. The highest BCUT2D eigenvalue weighted by Gasteiger charge is 2.32. The van der Waals surface area contributed by atoms with Gasteiger partial charge in [-0.3, -0.25) is 4.84 Å².